The van der Waals surface area contributed by atoms with Gasteiger partial charge >= 0.3 is 0 Å². The van der Waals surface area contributed by atoms with Crippen molar-refractivity contribution in [3.63, 3.8) is 0 Å². The molecule has 0 bridgehead atoms. The second kappa shape index (κ2) is 5.51. The van der Waals surface area contributed by atoms with Crippen molar-refractivity contribution in [2.45, 2.75) is 37.8 Å². The first-order valence-corrected chi connectivity index (χ1v) is 7.42. The molecule has 20 heavy (non-hydrogen) atoms. The van der Waals surface area contributed by atoms with Gasteiger partial charge in [0.1, 0.15) is 0 Å². The Morgan fingerprint density at radius 2 is 2.20 bits per heavy atom. The molecule has 0 saturated heterocycles. The highest BCUT2D eigenvalue weighted by molar-refractivity contribution is 5.85. The fourth-order valence-corrected chi connectivity index (χ4v) is 3.31. The summed E-state index contributed by atoms with van der Waals surface area (Å²) >= 11 is 0. The highest BCUT2D eigenvalue weighted by atomic mass is 16.5. The summed E-state index contributed by atoms with van der Waals surface area (Å²) in [4.78, 5) is 4.30. The number of fused-ring (bicyclic) bond motifs is 1. The minimum atomic E-state index is -0.0554. The van der Waals surface area contributed by atoms with Crippen LogP contribution in [-0.4, -0.2) is 24.2 Å². The Bertz CT molecular complexity index is 582. The van der Waals surface area contributed by atoms with E-state index in [1.807, 2.05) is 19.5 Å². The summed E-state index contributed by atoms with van der Waals surface area (Å²) in [6.07, 6.45) is 7.31. The van der Waals surface area contributed by atoms with Gasteiger partial charge in [-0.25, -0.2) is 0 Å². The molecule has 1 fully saturated rings. The van der Waals surface area contributed by atoms with Gasteiger partial charge in [-0.05, 0) is 42.8 Å². The predicted molar refractivity (Wildman–Crippen MR) is 81.8 cm³/mol. The Balaban J connectivity index is 2.10. The molecule has 3 nitrogen and oxygen atoms in total. The molecule has 1 aliphatic rings. The van der Waals surface area contributed by atoms with Gasteiger partial charge in [0.2, 0.25) is 0 Å². The van der Waals surface area contributed by atoms with Crippen LogP contribution in [0.25, 0.3) is 10.8 Å². The van der Waals surface area contributed by atoms with Crippen molar-refractivity contribution < 1.29 is 4.74 Å². The maximum absolute atomic E-state index is 5.91. The van der Waals surface area contributed by atoms with E-state index in [4.69, 9.17) is 4.74 Å². The average Bonchev–Trinajstić information content (AvgIpc) is 2.45. The molecule has 1 heterocycles. The van der Waals surface area contributed by atoms with Gasteiger partial charge in [0.05, 0.1) is 11.6 Å². The summed E-state index contributed by atoms with van der Waals surface area (Å²) in [6, 6.07) is 8.78. The zero-order chi connectivity index (χ0) is 14.0. The molecule has 1 aromatic carbocycles. The van der Waals surface area contributed by atoms with Crippen molar-refractivity contribution in [1.82, 2.24) is 10.3 Å². The summed E-state index contributed by atoms with van der Waals surface area (Å²) in [5.41, 5.74) is 1.25. The van der Waals surface area contributed by atoms with E-state index >= 15 is 0 Å². The lowest BCUT2D eigenvalue weighted by Gasteiger charge is -2.47. The normalized spacial score (nSPS) is 18.7. The number of pyridine rings is 1. The predicted octanol–water partition coefficient (Wildman–Crippen LogP) is 3.45. The molecule has 3 rings (SSSR count). The second-order valence-electron chi connectivity index (χ2n) is 5.56. The van der Waals surface area contributed by atoms with E-state index in [2.05, 4.69) is 41.5 Å². The highest BCUT2D eigenvalue weighted by Gasteiger charge is 2.45. The van der Waals surface area contributed by atoms with E-state index in [0.29, 0.717) is 0 Å². The Kier molecular flexibility index (Phi) is 3.72. The zero-order valence-corrected chi connectivity index (χ0v) is 12.2. The van der Waals surface area contributed by atoms with Gasteiger partial charge in [-0.2, -0.15) is 0 Å². The lowest BCUT2D eigenvalue weighted by atomic mass is 9.71. The van der Waals surface area contributed by atoms with Crippen LogP contribution in [0, 0.1) is 0 Å². The van der Waals surface area contributed by atoms with Gasteiger partial charge in [0, 0.05) is 24.9 Å². The van der Waals surface area contributed by atoms with Crippen molar-refractivity contribution >= 4 is 10.8 Å². The van der Waals surface area contributed by atoms with E-state index < -0.39 is 0 Å². The Hall–Kier alpha value is -1.45. The van der Waals surface area contributed by atoms with Gasteiger partial charge in [-0.15, -0.1) is 0 Å². The molecule has 2 aromatic rings. The first-order chi connectivity index (χ1) is 9.80. The number of hydrogen-bond acceptors (Lipinski definition) is 3. The first-order valence-electron chi connectivity index (χ1n) is 7.42. The van der Waals surface area contributed by atoms with Crippen LogP contribution in [0.2, 0.25) is 0 Å². The molecule has 1 atom stereocenters. The molecule has 1 aromatic heterocycles. The second-order valence-corrected chi connectivity index (χ2v) is 5.56. The Labute approximate surface area is 120 Å². The number of benzene rings is 1. The molecule has 0 radical (unpaired) electrons. The van der Waals surface area contributed by atoms with Crippen LogP contribution >= 0.6 is 0 Å². The van der Waals surface area contributed by atoms with E-state index in [9.17, 15) is 0 Å². The molecule has 1 N–H and O–H groups in total. The van der Waals surface area contributed by atoms with E-state index in [-0.39, 0.29) is 11.6 Å². The van der Waals surface area contributed by atoms with E-state index in [1.54, 1.807) is 0 Å². The number of nitrogens with one attached hydrogen (secondary N) is 1. The zero-order valence-electron chi connectivity index (χ0n) is 12.2. The number of methoxy groups -OCH3 is 1. The lowest BCUT2D eigenvalue weighted by Crippen LogP contribution is -2.50. The van der Waals surface area contributed by atoms with Crippen molar-refractivity contribution in [2.75, 3.05) is 13.7 Å². The number of nitrogens with zero attached hydrogens (tertiary/aromatic N) is 1. The van der Waals surface area contributed by atoms with Crippen LogP contribution in [0.1, 0.15) is 37.8 Å². The van der Waals surface area contributed by atoms with Gasteiger partial charge in [-0.3, -0.25) is 4.98 Å². The summed E-state index contributed by atoms with van der Waals surface area (Å²) in [5.74, 6) is 0. The summed E-state index contributed by atoms with van der Waals surface area (Å²) in [7, 11) is 1.84. The fraction of sp³-hybridized carbons (Fsp3) is 0.471. The third-order valence-corrected chi connectivity index (χ3v) is 4.57. The maximum atomic E-state index is 5.91. The maximum Gasteiger partial charge on any atom is 0.0872 e. The van der Waals surface area contributed by atoms with E-state index in [1.165, 1.54) is 22.8 Å². The lowest BCUT2D eigenvalue weighted by molar-refractivity contribution is -0.0991. The van der Waals surface area contributed by atoms with Gasteiger partial charge in [-0.1, -0.05) is 25.1 Å². The smallest absolute Gasteiger partial charge is 0.0872 e. The van der Waals surface area contributed by atoms with Crippen LogP contribution in [0.5, 0.6) is 0 Å². The molecule has 1 saturated carbocycles. The van der Waals surface area contributed by atoms with Crippen molar-refractivity contribution in [3.05, 3.63) is 42.2 Å². The van der Waals surface area contributed by atoms with Crippen molar-refractivity contribution in [3.8, 4) is 0 Å². The minimum Gasteiger partial charge on any atom is -0.376 e. The fourth-order valence-electron chi connectivity index (χ4n) is 3.31. The van der Waals surface area contributed by atoms with Crippen LogP contribution in [0.3, 0.4) is 0 Å². The molecule has 106 valence electrons. The molecule has 0 amide bonds. The highest BCUT2D eigenvalue weighted by Crippen LogP contribution is 2.46. The molecule has 0 spiro atoms. The van der Waals surface area contributed by atoms with Gasteiger partial charge in [0.25, 0.3) is 0 Å². The number of rotatable bonds is 5. The molecule has 1 aliphatic carbocycles. The SMILES string of the molecule is CCNC(c1cccc2ccncc12)C1(OC)CCC1. The van der Waals surface area contributed by atoms with Crippen LogP contribution in [0.15, 0.2) is 36.7 Å². The number of ether oxygens (including phenoxy) is 1. The first kappa shape index (κ1) is 13.5. The summed E-state index contributed by atoms with van der Waals surface area (Å²) in [5, 5.41) is 6.10. The quantitative estimate of drug-likeness (QED) is 0.903. The molecular weight excluding hydrogens is 248 g/mol. The van der Waals surface area contributed by atoms with Gasteiger partial charge < -0.3 is 10.1 Å². The monoisotopic (exact) mass is 270 g/mol. The van der Waals surface area contributed by atoms with Crippen molar-refractivity contribution in [2.24, 2.45) is 0 Å². The van der Waals surface area contributed by atoms with E-state index in [0.717, 1.165) is 19.4 Å². The van der Waals surface area contributed by atoms with Crippen molar-refractivity contribution in [1.29, 1.82) is 0 Å². The Morgan fingerprint density at radius 1 is 1.35 bits per heavy atom. The average molecular weight is 270 g/mol. The molecule has 3 heteroatoms. The Morgan fingerprint density at radius 3 is 2.85 bits per heavy atom. The van der Waals surface area contributed by atoms with Crippen LogP contribution in [0.4, 0.5) is 0 Å². The largest absolute Gasteiger partial charge is 0.376 e. The standard InChI is InChI=1S/C17H22N2O/c1-3-19-16(17(20-2)9-5-10-17)14-7-4-6-13-8-11-18-12-15(13)14/h4,6-8,11-12,16,19H,3,5,9-10H2,1-2H3. The summed E-state index contributed by atoms with van der Waals surface area (Å²) in [6.45, 7) is 3.09. The third kappa shape index (κ3) is 2.11. The molecule has 0 aliphatic heterocycles. The van der Waals surface area contributed by atoms with Crippen LogP contribution in [-0.2, 0) is 4.74 Å². The van der Waals surface area contributed by atoms with Gasteiger partial charge in [0.15, 0.2) is 0 Å². The number of hydrogen-bond donors (Lipinski definition) is 1. The third-order valence-electron chi connectivity index (χ3n) is 4.57. The minimum absolute atomic E-state index is 0.0554. The number of aromatic nitrogens is 1. The molecular formula is C17H22N2O. The van der Waals surface area contributed by atoms with Crippen LogP contribution < -0.4 is 5.32 Å². The summed E-state index contributed by atoms with van der Waals surface area (Å²) < 4.78 is 5.91. The topological polar surface area (TPSA) is 34.2 Å². The number of likely N-dealkylation sites (N-methyl/N-ethyl adjacent to an activating group) is 1. The molecule has 1 unspecified atom stereocenters.